The van der Waals surface area contributed by atoms with Crippen LogP contribution in [0.5, 0.6) is 11.5 Å². The normalized spacial score (nSPS) is 10.5. The molecular formula is C13H13BrO6. The van der Waals surface area contributed by atoms with Crippen LogP contribution in [0.1, 0.15) is 12.5 Å². The summed E-state index contributed by atoms with van der Waals surface area (Å²) >= 11 is 3.26. The molecule has 0 amide bonds. The van der Waals surface area contributed by atoms with E-state index < -0.39 is 18.5 Å². The number of carboxylic acids is 2. The number of aliphatic carboxylic acids is 2. The minimum Gasteiger partial charge on any atom is -0.490 e. The standard InChI is InChI=1S/C13H13BrO6/c1-2-19-10-5-8(3-4-12(15)16)9(14)6-11(10)20-7-13(17)18/h3-6H,2,7H2,1H3,(H,15,16)(H,17,18). The summed E-state index contributed by atoms with van der Waals surface area (Å²) in [5.41, 5.74) is 0.582. The van der Waals surface area contributed by atoms with Gasteiger partial charge in [0.05, 0.1) is 6.61 Å². The Morgan fingerprint density at radius 3 is 2.45 bits per heavy atom. The predicted molar refractivity (Wildman–Crippen MR) is 75.1 cm³/mol. The lowest BCUT2D eigenvalue weighted by molar-refractivity contribution is -0.139. The fourth-order valence-corrected chi connectivity index (χ4v) is 1.81. The molecule has 0 spiro atoms. The molecule has 0 bridgehead atoms. The molecule has 108 valence electrons. The maximum Gasteiger partial charge on any atom is 0.341 e. The van der Waals surface area contributed by atoms with Gasteiger partial charge in [0.1, 0.15) is 0 Å². The minimum absolute atomic E-state index is 0.272. The molecule has 1 aromatic carbocycles. The summed E-state index contributed by atoms with van der Waals surface area (Å²) in [7, 11) is 0. The molecule has 0 unspecified atom stereocenters. The van der Waals surface area contributed by atoms with Gasteiger partial charge in [-0.3, -0.25) is 0 Å². The summed E-state index contributed by atoms with van der Waals surface area (Å²) in [5.74, 6) is -1.55. The zero-order valence-electron chi connectivity index (χ0n) is 10.6. The molecule has 0 atom stereocenters. The first kappa shape index (κ1) is 16.0. The molecule has 20 heavy (non-hydrogen) atoms. The monoisotopic (exact) mass is 344 g/mol. The zero-order valence-corrected chi connectivity index (χ0v) is 12.2. The first-order valence-electron chi connectivity index (χ1n) is 5.66. The molecule has 0 aliphatic carbocycles. The van der Waals surface area contributed by atoms with E-state index in [2.05, 4.69) is 15.9 Å². The van der Waals surface area contributed by atoms with E-state index in [1.165, 1.54) is 12.1 Å². The van der Waals surface area contributed by atoms with E-state index in [1.54, 1.807) is 13.0 Å². The molecule has 0 fully saturated rings. The minimum atomic E-state index is -1.10. The van der Waals surface area contributed by atoms with Crippen LogP contribution in [0.4, 0.5) is 0 Å². The Bertz CT molecular complexity index is 538. The molecule has 0 radical (unpaired) electrons. The van der Waals surface area contributed by atoms with E-state index in [9.17, 15) is 9.59 Å². The highest BCUT2D eigenvalue weighted by atomic mass is 79.9. The van der Waals surface area contributed by atoms with Gasteiger partial charge in [-0.2, -0.15) is 0 Å². The van der Waals surface area contributed by atoms with Crippen LogP contribution in [-0.4, -0.2) is 35.4 Å². The SMILES string of the molecule is CCOc1cc(C=CC(=O)O)c(Br)cc1OCC(=O)O. The Morgan fingerprint density at radius 2 is 1.90 bits per heavy atom. The van der Waals surface area contributed by atoms with Crippen molar-refractivity contribution in [1.82, 2.24) is 0 Å². The first-order chi connectivity index (χ1) is 9.43. The molecule has 0 aromatic heterocycles. The first-order valence-corrected chi connectivity index (χ1v) is 6.45. The van der Waals surface area contributed by atoms with Gasteiger partial charge in [-0.1, -0.05) is 15.9 Å². The van der Waals surface area contributed by atoms with E-state index in [0.717, 1.165) is 6.08 Å². The van der Waals surface area contributed by atoms with Crippen molar-refractivity contribution in [1.29, 1.82) is 0 Å². The molecule has 0 saturated heterocycles. The number of rotatable bonds is 7. The van der Waals surface area contributed by atoms with Gasteiger partial charge in [0.15, 0.2) is 18.1 Å². The van der Waals surface area contributed by atoms with Crippen LogP contribution >= 0.6 is 15.9 Å². The van der Waals surface area contributed by atoms with Gasteiger partial charge in [0.2, 0.25) is 0 Å². The third-order valence-electron chi connectivity index (χ3n) is 2.12. The quantitative estimate of drug-likeness (QED) is 0.737. The van der Waals surface area contributed by atoms with Crippen molar-refractivity contribution >= 4 is 33.9 Å². The van der Waals surface area contributed by atoms with E-state index >= 15 is 0 Å². The maximum atomic E-state index is 10.5. The van der Waals surface area contributed by atoms with Gasteiger partial charge in [-0.05, 0) is 30.7 Å². The Balaban J connectivity index is 3.09. The Labute approximate surface area is 123 Å². The van der Waals surface area contributed by atoms with Crippen LogP contribution in [-0.2, 0) is 9.59 Å². The van der Waals surface area contributed by atoms with Gasteiger partial charge in [0.25, 0.3) is 0 Å². The third-order valence-corrected chi connectivity index (χ3v) is 2.81. The lowest BCUT2D eigenvalue weighted by Crippen LogP contribution is -2.10. The third kappa shape index (κ3) is 4.93. The van der Waals surface area contributed by atoms with Crippen molar-refractivity contribution in [2.24, 2.45) is 0 Å². The number of hydrogen-bond donors (Lipinski definition) is 2. The smallest absolute Gasteiger partial charge is 0.341 e. The second-order valence-corrected chi connectivity index (χ2v) is 4.46. The summed E-state index contributed by atoms with van der Waals surface area (Å²) in [4.78, 5) is 21.0. The lowest BCUT2D eigenvalue weighted by atomic mass is 10.2. The van der Waals surface area contributed by atoms with Crippen molar-refractivity contribution in [3.05, 3.63) is 28.2 Å². The van der Waals surface area contributed by atoms with Crippen molar-refractivity contribution in [3.8, 4) is 11.5 Å². The van der Waals surface area contributed by atoms with E-state index in [4.69, 9.17) is 19.7 Å². The van der Waals surface area contributed by atoms with Gasteiger partial charge >= 0.3 is 11.9 Å². The lowest BCUT2D eigenvalue weighted by Gasteiger charge is -2.12. The molecule has 1 aromatic rings. The highest BCUT2D eigenvalue weighted by Crippen LogP contribution is 2.34. The van der Waals surface area contributed by atoms with Crippen molar-refractivity contribution in [2.45, 2.75) is 6.92 Å². The number of benzene rings is 1. The highest BCUT2D eigenvalue weighted by Gasteiger charge is 2.11. The molecule has 0 aliphatic rings. The van der Waals surface area contributed by atoms with Gasteiger partial charge in [-0.15, -0.1) is 0 Å². The van der Waals surface area contributed by atoms with E-state index in [1.807, 2.05) is 0 Å². The maximum absolute atomic E-state index is 10.5. The van der Waals surface area contributed by atoms with Crippen molar-refractivity contribution < 1.29 is 29.3 Å². The Kier molecular flexibility index (Phi) is 6.05. The molecule has 0 heterocycles. The average molecular weight is 345 g/mol. The Morgan fingerprint density at radius 1 is 1.25 bits per heavy atom. The van der Waals surface area contributed by atoms with E-state index in [-0.39, 0.29) is 5.75 Å². The molecule has 6 nitrogen and oxygen atoms in total. The Hall–Kier alpha value is -2.02. The fourth-order valence-electron chi connectivity index (χ4n) is 1.36. The summed E-state index contributed by atoms with van der Waals surface area (Å²) in [6.07, 6.45) is 2.39. The number of carbonyl (C=O) groups is 2. The second kappa shape index (κ2) is 7.54. The largest absolute Gasteiger partial charge is 0.490 e. The van der Waals surface area contributed by atoms with Crippen LogP contribution in [0.25, 0.3) is 6.08 Å². The molecule has 2 N–H and O–H groups in total. The van der Waals surface area contributed by atoms with Gasteiger partial charge in [-0.25, -0.2) is 9.59 Å². The average Bonchev–Trinajstić information content (AvgIpc) is 2.37. The van der Waals surface area contributed by atoms with E-state index in [0.29, 0.717) is 22.4 Å². The summed E-state index contributed by atoms with van der Waals surface area (Å²) in [6, 6.07) is 3.11. The van der Waals surface area contributed by atoms with Gasteiger partial charge in [0, 0.05) is 10.5 Å². The second-order valence-electron chi connectivity index (χ2n) is 3.61. The highest BCUT2D eigenvalue weighted by molar-refractivity contribution is 9.10. The van der Waals surface area contributed by atoms with Crippen LogP contribution < -0.4 is 9.47 Å². The van der Waals surface area contributed by atoms with Gasteiger partial charge < -0.3 is 19.7 Å². The summed E-state index contributed by atoms with van der Waals surface area (Å²) in [6.45, 7) is 1.65. The van der Waals surface area contributed by atoms with Crippen LogP contribution in [0.3, 0.4) is 0 Å². The molecule has 1 rings (SSSR count). The predicted octanol–water partition coefficient (Wildman–Crippen LogP) is 2.41. The molecular weight excluding hydrogens is 332 g/mol. The van der Waals surface area contributed by atoms with Crippen LogP contribution in [0.2, 0.25) is 0 Å². The van der Waals surface area contributed by atoms with Crippen LogP contribution in [0.15, 0.2) is 22.7 Å². The number of halogens is 1. The topological polar surface area (TPSA) is 93.1 Å². The summed E-state index contributed by atoms with van der Waals surface area (Å²) in [5, 5.41) is 17.2. The fraction of sp³-hybridized carbons (Fsp3) is 0.231. The molecule has 7 heteroatoms. The summed E-state index contributed by atoms with van der Waals surface area (Å²) < 4.78 is 11.0. The van der Waals surface area contributed by atoms with Crippen molar-refractivity contribution in [2.75, 3.05) is 13.2 Å². The molecule has 0 saturated carbocycles. The zero-order chi connectivity index (χ0) is 15.1. The number of ether oxygens (including phenoxy) is 2. The number of carboxylic acid groups (broad SMARTS) is 2. The van der Waals surface area contributed by atoms with Crippen molar-refractivity contribution in [3.63, 3.8) is 0 Å². The molecule has 0 aliphatic heterocycles. The van der Waals surface area contributed by atoms with Crippen LogP contribution in [0, 0.1) is 0 Å². The number of hydrogen-bond acceptors (Lipinski definition) is 4.